The van der Waals surface area contributed by atoms with Gasteiger partial charge < -0.3 is 0 Å². The SMILES string of the molecule is O=C(CCc1cccc(Br)c1)C1CCC1. The molecule has 1 aliphatic carbocycles. The van der Waals surface area contributed by atoms with Crippen molar-refractivity contribution in [3.63, 3.8) is 0 Å². The van der Waals surface area contributed by atoms with E-state index in [1.807, 2.05) is 12.1 Å². The second-order valence-corrected chi connectivity index (χ2v) is 5.14. The first-order valence-electron chi connectivity index (χ1n) is 5.53. The molecular weight excluding hydrogens is 252 g/mol. The topological polar surface area (TPSA) is 17.1 Å². The minimum Gasteiger partial charge on any atom is -0.299 e. The molecule has 1 fully saturated rings. The van der Waals surface area contributed by atoms with E-state index in [1.54, 1.807) is 0 Å². The van der Waals surface area contributed by atoms with Crippen LogP contribution in [0.4, 0.5) is 0 Å². The minimum atomic E-state index is 0.386. The third-order valence-corrected chi connectivity index (χ3v) is 3.60. The fraction of sp³-hybridized carbons (Fsp3) is 0.462. The summed E-state index contributed by atoms with van der Waals surface area (Å²) in [5.74, 6) is 0.846. The fourth-order valence-corrected chi connectivity index (χ4v) is 2.34. The molecule has 2 heteroatoms. The van der Waals surface area contributed by atoms with Crippen LogP contribution in [0, 0.1) is 5.92 Å². The Morgan fingerprint density at radius 3 is 2.80 bits per heavy atom. The van der Waals surface area contributed by atoms with Crippen LogP contribution in [0.2, 0.25) is 0 Å². The molecule has 1 nitrogen and oxygen atoms in total. The van der Waals surface area contributed by atoms with Crippen molar-refractivity contribution in [2.24, 2.45) is 5.92 Å². The van der Waals surface area contributed by atoms with E-state index in [-0.39, 0.29) is 0 Å². The molecule has 0 aromatic heterocycles. The maximum absolute atomic E-state index is 11.7. The van der Waals surface area contributed by atoms with E-state index in [1.165, 1.54) is 12.0 Å². The van der Waals surface area contributed by atoms with Crippen LogP contribution < -0.4 is 0 Å². The molecule has 0 bridgehead atoms. The molecule has 2 rings (SSSR count). The lowest BCUT2D eigenvalue weighted by Crippen LogP contribution is -2.22. The Balaban J connectivity index is 1.84. The molecule has 1 aromatic carbocycles. The Kier molecular flexibility index (Phi) is 3.57. The summed E-state index contributed by atoms with van der Waals surface area (Å²) in [6.45, 7) is 0. The van der Waals surface area contributed by atoms with Crippen molar-refractivity contribution in [2.75, 3.05) is 0 Å². The number of carbonyl (C=O) groups is 1. The van der Waals surface area contributed by atoms with E-state index in [0.717, 1.165) is 23.7 Å². The summed E-state index contributed by atoms with van der Waals surface area (Å²) in [5.41, 5.74) is 1.25. The van der Waals surface area contributed by atoms with Crippen LogP contribution in [0.3, 0.4) is 0 Å². The molecule has 80 valence electrons. The molecule has 0 radical (unpaired) electrons. The molecule has 1 saturated carbocycles. The molecule has 15 heavy (non-hydrogen) atoms. The lowest BCUT2D eigenvalue weighted by molar-refractivity contribution is -0.125. The number of hydrogen-bond donors (Lipinski definition) is 0. The number of carbonyl (C=O) groups excluding carboxylic acids is 1. The molecule has 1 aromatic rings. The fourth-order valence-electron chi connectivity index (χ4n) is 1.89. The van der Waals surface area contributed by atoms with E-state index in [2.05, 4.69) is 28.1 Å². The van der Waals surface area contributed by atoms with Gasteiger partial charge in [0.1, 0.15) is 5.78 Å². The Hall–Kier alpha value is -0.630. The predicted octanol–water partition coefficient (Wildman–Crippen LogP) is 3.75. The van der Waals surface area contributed by atoms with Crippen molar-refractivity contribution in [1.29, 1.82) is 0 Å². The van der Waals surface area contributed by atoms with Crippen molar-refractivity contribution < 1.29 is 4.79 Å². The predicted molar refractivity (Wildman–Crippen MR) is 64.8 cm³/mol. The van der Waals surface area contributed by atoms with Crippen molar-refractivity contribution in [3.05, 3.63) is 34.3 Å². The molecule has 0 N–H and O–H groups in total. The second kappa shape index (κ2) is 4.93. The number of benzene rings is 1. The number of hydrogen-bond acceptors (Lipinski definition) is 1. The smallest absolute Gasteiger partial charge is 0.136 e. The van der Waals surface area contributed by atoms with Crippen LogP contribution in [0.25, 0.3) is 0 Å². The van der Waals surface area contributed by atoms with Gasteiger partial charge in [0.2, 0.25) is 0 Å². The molecule has 0 spiro atoms. The molecule has 0 amide bonds. The average Bonchev–Trinajstić information content (AvgIpc) is 2.12. The van der Waals surface area contributed by atoms with E-state index >= 15 is 0 Å². The maximum atomic E-state index is 11.7. The summed E-state index contributed by atoms with van der Waals surface area (Å²) < 4.78 is 1.09. The third kappa shape index (κ3) is 2.91. The summed E-state index contributed by atoms with van der Waals surface area (Å²) >= 11 is 3.44. The van der Waals surface area contributed by atoms with Gasteiger partial charge in [0, 0.05) is 16.8 Å². The highest BCUT2D eigenvalue weighted by Crippen LogP contribution is 2.28. The van der Waals surface area contributed by atoms with Gasteiger partial charge in [0.05, 0.1) is 0 Å². The van der Waals surface area contributed by atoms with Gasteiger partial charge in [-0.3, -0.25) is 4.79 Å². The highest BCUT2D eigenvalue weighted by Gasteiger charge is 2.24. The van der Waals surface area contributed by atoms with Crippen LogP contribution in [0.1, 0.15) is 31.2 Å². The summed E-state index contributed by atoms with van der Waals surface area (Å²) in [6.07, 6.45) is 5.08. The number of Topliss-reactive ketones (excluding diaryl/α,β-unsaturated/α-hetero) is 1. The second-order valence-electron chi connectivity index (χ2n) is 4.22. The van der Waals surface area contributed by atoms with Crippen LogP contribution in [0.15, 0.2) is 28.7 Å². The lowest BCUT2D eigenvalue weighted by atomic mass is 9.80. The zero-order chi connectivity index (χ0) is 10.7. The van der Waals surface area contributed by atoms with E-state index in [9.17, 15) is 4.79 Å². The Labute approximate surface area is 99.0 Å². The van der Waals surface area contributed by atoms with E-state index in [4.69, 9.17) is 0 Å². The van der Waals surface area contributed by atoms with Gasteiger partial charge >= 0.3 is 0 Å². The van der Waals surface area contributed by atoms with Gasteiger partial charge in [-0.05, 0) is 37.0 Å². The number of aryl methyl sites for hydroxylation is 1. The van der Waals surface area contributed by atoms with Gasteiger partial charge in [0.25, 0.3) is 0 Å². The summed E-state index contributed by atoms with van der Waals surface area (Å²) in [5, 5.41) is 0. The molecule has 0 aliphatic heterocycles. The van der Waals surface area contributed by atoms with Gasteiger partial charge in [-0.15, -0.1) is 0 Å². The normalized spacial score (nSPS) is 16.1. The van der Waals surface area contributed by atoms with Crippen molar-refractivity contribution in [3.8, 4) is 0 Å². The monoisotopic (exact) mass is 266 g/mol. The summed E-state index contributed by atoms with van der Waals surface area (Å²) in [6, 6.07) is 8.21. The Morgan fingerprint density at radius 1 is 1.40 bits per heavy atom. The first-order chi connectivity index (χ1) is 7.25. The summed E-state index contributed by atoms with van der Waals surface area (Å²) in [7, 11) is 0. The molecule has 0 heterocycles. The van der Waals surface area contributed by atoms with Gasteiger partial charge in [0.15, 0.2) is 0 Å². The Morgan fingerprint density at radius 2 is 2.20 bits per heavy atom. The average molecular weight is 267 g/mol. The van der Waals surface area contributed by atoms with Crippen LogP contribution in [0.5, 0.6) is 0 Å². The van der Waals surface area contributed by atoms with Crippen molar-refractivity contribution in [2.45, 2.75) is 32.1 Å². The van der Waals surface area contributed by atoms with Crippen LogP contribution in [-0.2, 0) is 11.2 Å². The maximum Gasteiger partial charge on any atom is 0.136 e. The van der Waals surface area contributed by atoms with Crippen LogP contribution in [-0.4, -0.2) is 5.78 Å². The van der Waals surface area contributed by atoms with E-state index in [0.29, 0.717) is 18.1 Å². The zero-order valence-corrected chi connectivity index (χ0v) is 10.3. The van der Waals surface area contributed by atoms with Crippen molar-refractivity contribution >= 4 is 21.7 Å². The lowest BCUT2D eigenvalue weighted by Gasteiger charge is -2.23. The number of rotatable bonds is 4. The van der Waals surface area contributed by atoms with E-state index < -0.39 is 0 Å². The number of halogens is 1. The molecular formula is C13H15BrO. The highest BCUT2D eigenvalue weighted by atomic mass is 79.9. The molecule has 0 unspecified atom stereocenters. The minimum absolute atomic E-state index is 0.386. The van der Waals surface area contributed by atoms with Gasteiger partial charge in [-0.25, -0.2) is 0 Å². The van der Waals surface area contributed by atoms with Crippen molar-refractivity contribution in [1.82, 2.24) is 0 Å². The molecule has 1 aliphatic rings. The standard InChI is InChI=1S/C13H15BrO/c14-12-6-1-3-10(9-12)7-8-13(15)11-4-2-5-11/h1,3,6,9,11H,2,4-5,7-8H2. The quantitative estimate of drug-likeness (QED) is 0.812. The summed E-state index contributed by atoms with van der Waals surface area (Å²) in [4.78, 5) is 11.7. The third-order valence-electron chi connectivity index (χ3n) is 3.11. The first-order valence-corrected chi connectivity index (χ1v) is 6.32. The van der Waals surface area contributed by atoms with Gasteiger partial charge in [-0.2, -0.15) is 0 Å². The number of ketones is 1. The highest BCUT2D eigenvalue weighted by molar-refractivity contribution is 9.10. The molecule has 0 atom stereocenters. The largest absolute Gasteiger partial charge is 0.299 e. The first kappa shape index (κ1) is 10.9. The zero-order valence-electron chi connectivity index (χ0n) is 8.71. The molecule has 0 saturated heterocycles. The van der Waals surface area contributed by atoms with Gasteiger partial charge in [-0.1, -0.05) is 34.5 Å². The Bertz CT molecular complexity index is 355. The van der Waals surface area contributed by atoms with Crippen LogP contribution >= 0.6 is 15.9 Å².